The van der Waals surface area contributed by atoms with Crippen LogP contribution in [0.3, 0.4) is 0 Å². The summed E-state index contributed by atoms with van der Waals surface area (Å²) in [6, 6.07) is 11.9. The number of rotatable bonds is 10. The van der Waals surface area contributed by atoms with Gasteiger partial charge in [-0.3, -0.25) is 18.8 Å². The lowest BCUT2D eigenvalue weighted by molar-refractivity contribution is -0.162. The predicted octanol–water partition coefficient (Wildman–Crippen LogP) is 5.24. The van der Waals surface area contributed by atoms with Crippen LogP contribution >= 0.6 is 0 Å². The van der Waals surface area contributed by atoms with Crippen molar-refractivity contribution in [2.45, 2.75) is 81.5 Å². The van der Waals surface area contributed by atoms with Gasteiger partial charge in [-0.2, -0.15) is 18.3 Å². The standard InChI is InChI=1S/C34H39F5N6O4S/c1-32(2,3)50(49)42-26(30(35)36)22-10-12-23(13-11-22)29-27-28(41-43(29)4)31(47)45(20-40-27)19-33(48)14-16-44(17-15-33)25(46)18-24(34(37,38)39)21-8-6-5-7-9-21/h5-13,20,24,26,30,42,48H,14-19H2,1-4H3/t24?,26?,50-/m1/s1. The SMILES string of the molecule is Cn1nc2c(=O)n(CC3(O)CCN(C(=O)CC(c4ccccc4)C(F)(F)F)CC3)cnc2c1-c1ccc(C(N[S@+]([O-])C(C)(C)C)C(F)F)cc1. The van der Waals surface area contributed by atoms with E-state index in [2.05, 4.69) is 14.8 Å². The molecule has 1 saturated heterocycles. The number of amides is 1. The van der Waals surface area contributed by atoms with Crippen molar-refractivity contribution in [1.82, 2.24) is 29.0 Å². The van der Waals surface area contributed by atoms with Gasteiger partial charge < -0.3 is 14.6 Å². The Kier molecular flexibility index (Phi) is 10.8. The van der Waals surface area contributed by atoms with Crippen molar-refractivity contribution in [3.05, 3.63) is 82.4 Å². The maximum Gasteiger partial charge on any atom is 0.396 e. The Bertz CT molecular complexity index is 1850. The van der Waals surface area contributed by atoms with Gasteiger partial charge in [-0.25, -0.2) is 13.8 Å². The average Bonchev–Trinajstić information content (AvgIpc) is 3.39. The minimum atomic E-state index is -4.61. The quantitative estimate of drug-likeness (QED) is 0.169. The van der Waals surface area contributed by atoms with Crippen molar-refractivity contribution in [1.29, 1.82) is 0 Å². The smallest absolute Gasteiger partial charge is 0.396 e. The van der Waals surface area contributed by atoms with Gasteiger partial charge in [-0.05, 0) is 44.7 Å². The van der Waals surface area contributed by atoms with E-state index in [1.54, 1.807) is 46.0 Å². The molecule has 1 amide bonds. The molecule has 5 rings (SSSR count). The minimum Gasteiger partial charge on any atom is -0.598 e. The molecular weight excluding hydrogens is 683 g/mol. The van der Waals surface area contributed by atoms with Crippen LogP contribution < -0.4 is 10.3 Å². The predicted molar refractivity (Wildman–Crippen MR) is 179 cm³/mol. The molecule has 0 spiro atoms. The number of likely N-dealkylation sites (tertiary alicyclic amines) is 1. The van der Waals surface area contributed by atoms with Crippen LogP contribution in [0.25, 0.3) is 22.3 Å². The van der Waals surface area contributed by atoms with Gasteiger partial charge in [0.05, 0.1) is 30.1 Å². The lowest BCUT2D eigenvalue weighted by Gasteiger charge is -2.39. The number of nitrogens with one attached hydrogen (secondary N) is 1. The molecule has 270 valence electrons. The number of nitrogens with zero attached hydrogens (tertiary/aromatic N) is 5. The van der Waals surface area contributed by atoms with Gasteiger partial charge in [-0.1, -0.05) is 54.6 Å². The van der Waals surface area contributed by atoms with Crippen LogP contribution in [0.15, 0.2) is 65.7 Å². The largest absolute Gasteiger partial charge is 0.598 e. The van der Waals surface area contributed by atoms with Crippen LogP contribution in [0.4, 0.5) is 22.0 Å². The second-order valence-corrected chi connectivity index (χ2v) is 15.6. The summed E-state index contributed by atoms with van der Waals surface area (Å²) in [7, 11) is 1.60. The van der Waals surface area contributed by atoms with E-state index in [1.807, 2.05) is 0 Å². The Morgan fingerprint density at radius 1 is 1.02 bits per heavy atom. The molecule has 0 aliphatic carbocycles. The number of aromatic nitrogens is 4. The zero-order valence-corrected chi connectivity index (χ0v) is 28.8. The zero-order chi connectivity index (χ0) is 36.6. The van der Waals surface area contributed by atoms with Gasteiger partial charge in [0.1, 0.15) is 16.3 Å². The first-order chi connectivity index (χ1) is 23.4. The summed E-state index contributed by atoms with van der Waals surface area (Å²) in [4.78, 5) is 32.2. The summed E-state index contributed by atoms with van der Waals surface area (Å²) >= 11 is -1.74. The third kappa shape index (κ3) is 8.19. The Labute approximate surface area is 288 Å². The van der Waals surface area contributed by atoms with E-state index in [-0.39, 0.29) is 54.6 Å². The van der Waals surface area contributed by atoms with Gasteiger partial charge in [0.2, 0.25) is 5.91 Å². The summed E-state index contributed by atoms with van der Waals surface area (Å²) in [6.07, 6.45) is -6.86. The Morgan fingerprint density at radius 3 is 2.20 bits per heavy atom. The van der Waals surface area contributed by atoms with E-state index < -0.39 is 64.2 Å². The average molecular weight is 723 g/mol. The maximum absolute atomic E-state index is 13.9. The molecule has 2 N–H and O–H groups in total. The third-order valence-electron chi connectivity index (χ3n) is 8.88. The summed E-state index contributed by atoms with van der Waals surface area (Å²) in [5, 5.41) is 15.7. The fourth-order valence-electron chi connectivity index (χ4n) is 6.00. The highest BCUT2D eigenvalue weighted by atomic mass is 32.2. The summed E-state index contributed by atoms with van der Waals surface area (Å²) in [5.74, 6) is -2.63. The van der Waals surface area contributed by atoms with Gasteiger partial charge in [-0.15, -0.1) is 4.72 Å². The number of piperidine rings is 1. The second kappa shape index (κ2) is 14.4. The van der Waals surface area contributed by atoms with Gasteiger partial charge in [0.15, 0.2) is 5.52 Å². The molecule has 4 aromatic rings. The van der Waals surface area contributed by atoms with E-state index >= 15 is 0 Å². The molecule has 16 heteroatoms. The van der Waals surface area contributed by atoms with E-state index in [1.165, 1.54) is 56.9 Å². The molecular formula is C34H39F5N6O4S. The van der Waals surface area contributed by atoms with Crippen LogP contribution in [0.1, 0.15) is 63.1 Å². The van der Waals surface area contributed by atoms with Crippen molar-refractivity contribution >= 4 is 28.3 Å². The number of carbonyl (C=O) groups excluding carboxylic acids is 1. The minimum absolute atomic E-state index is 0.00175. The monoisotopic (exact) mass is 722 g/mol. The fraction of sp³-hybridized carbons (Fsp3) is 0.471. The number of carbonyl (C=O) groups is 1. The zero-order valence-electron chi connectivity index (χ0n) is 28.0. The summed E-state index contributed by atoms with van der Waals surface area (Å²) < 4.78 is 86.2. The number of hydrogen-bond donors (Lipinski definition) is 2. The summed E-state index contributed by atoms with van der Waals surface area (Å²) in [6.45, 7) is 4.87. The fourth-order valence-corrected chi connectivity index (χ4v) is 6.82. The highest BCUT2D eigenvalue weighted by Crippen LogP contribution is 2.38. The number of fused-ring (bicyclic) bond motifs is 1. The topological polar surface area (TPSA) is 128 Å². The van der Waals surface area contributed by atoms with Crippen LogP contribution in [0, 0.1) is 0 Å². The Hall–Kier alpha value is -3.86. The molecule has 1 aliphatic heterocycles. The van der Waals surface area contributed by atoms with Gasteiger partial charge >= 0.3 is 6.18 Å². The molecule has 0 saturated carbocycles. The third-order valence-corrected chi connectivity index (χ3v) is 10.5. The van der Waals surface area contributed by atoms with Crippen molar-refractivity contribution in [3.63, 3.8) is 0 Å². The molecule has 0 bridgehead atoms. The van der Waals surface area contributed by atoms with E-state index in [0.717, 1.165) is 0 Å². The van der Waals surface area contributed by atoms with Crippen LogP contribution in [-0.4, -0.2) is 75.8 Å². The Balaban J connectivity index is 1.29. The van der Waals surface area contributed by atoms with Crippen molar-refractivity contribution in [2.24, 2.45) is 7.05 Å². The van der Waals surface area contributed by atoms with Crippen molar-refractivity contribution in [3.8, 4) is 11.3 Å². The Morgan fingerprint density at radius 2 is 1.64 bits per heavy atom. The van der Waals surface area contributed by atoms with E-state index in [0.29, 0.717) is 11.3 Å². The van der Waals surface area contributed by atoms with Gasteiger partial charge in [0, 0.05) is 43.5 Å². The first-order valence-electron chi connectivity index (χ1n) is 16.0. The number of alkyl halides is 5. The maximum atomic E-state index is 13.9. The lowest BCUT2D eigenvalue weighted by atomic mass is 9.90. The number of aryl methyl sites for hydroxylation is 1. The molecule has 3 heterocycles. The molecule has 1 fully saturated rings. The number of hydrogen-bond acceptors (Lipinski definition) is 7. The van der Waals surface area contributed by atoms with Crippen molar-refractivity contribution < 1.29 is 36.4 Å². The molecule has 10 nitrogen and oxygen atoms in total. The number of aliphatic hydroxyl groups is 1. The van der Waals surface area contributed by atoms with Crippen LogP contribution in [0.5, 0.6) is 0 Å². The van der Waals surface area contributed by atoms with Gasteiger partial charge in [0.25, 0.3) is 12.0 Å². The molecule has 3 atom stereocenters. The van der Waals surface area contributed by atoms with E-state index in [9.17, 15) is 41.2 Å². The molecule has 50 heavy (non-hydrogen) atoms. The highest BCUT2D eigenvalue weighted by Gasteiger charge is 2.43. The van der Waals surface area contributed by atoms with Crippen LogP contribution in [0.2, 0.25) is 0 Å². The number of halogens is 5. The molecule has 2 unspecified atom stereocenters. The van der Waals surface area contributed by atoms with Crippen molar-refractivity contribution in [2.75, 3.05) is 13.1 Å². The lowest BCUT2D eigenvalue weighted by Crippen LogP contribution is -2.50. The summed E-state index contributed by atoms with van der Waals surface area (Å²) in [5.41, 5.74) is -0.484. The second-order valence-electron chi connectivity index (χ2n) is 13.6. The molecule has 2 aromatic heterocycles. The normalized spacial score (nSPS) is 17.2. The molecule has 0 radical (unpaired) electrons. The first kappa shape index (κ1) is 37.4. The highest BCUT2D eigenvalue weighted by molar-refractivity contribution is 7.90. The van der Waals surface area contributed by atoms with E-state index in [4.69, 9.17) is 0 Å². The molecule has 2 aromatic carbocycles. The van der Waals surface area contributed by atoms with Crippen LogP contribution in [-0.2, 0) is 29.7 Å². The molecule has 1 aliphatic rings. The number of benzene rings is 2. The first-order valence-corrected chi connectivity index (χ1v) is 17.1.